The zero-order valence-corrected chi connectivity index (χ0v) is 30.1. The van der Waals surface area contributed by atoms with Gasteiger partial charge < -0.3 is 24.3 Å². The first-order valence-corrected chi connectivity index (χ1v) is 17.6. The number of aromatic nitrogens is 4. The molecule has 0 unspecified atom stereocenters. The second-order valence-electron chi connectivity index (χ2n) is 11.7. The summed E-state index contributed by atoms with van der Waals surface area (Å²) in [6, 6.07) is 33.1. The monoisotopic (exact) mass is 829 g/mol. The van der Waals surface area contributed by atoms with Crippen LogP contribution in [0.15, 0.2) is 122 Å². The molecule has 4 atom stereocenters. The number of halogens is 2. The van der Waals surface area contributed by atoms with Crippen LogP contribution in [-0.4, -0.2) is 62.3 Å². The van der Waals surface area contributed by atoms with E-state index in [0.717, 1.165) is 9.13 Å². The molecule has 1 fully saturated rings. The Morgan fingerprint density at radius 3 is 1.98 bits per heavy atom. The normalized spacial score (nSPS) is 18.1. The predicted molar refractivity (Wildman–Crippen MR) is 199 cm³/mol. The molecule has 4 aromatic carbocycles. The lowest BCUT2D eigenvalue weighted by Crippen LogP contribution is -2.41. The summed E-state index contributed by atoms with van der Waals surface area (Å²) in [5, 5.41) is 3.21. The summed E-state index contributed by atoms with van der Waals surface area (Å²) in [6.07, 6.45) is -3.32. The van der Waals surface area contributed by atoms with Gasteiger partial charge in [-0.3, -0.25) is 4.57 Å². The van der Waals surface area contributed by atoms with Crippen molar-refractivity contribution in [3.05, 3.63) is 153 Å². The number of nitrogens with zero attached hydrogens (tertiary/aromatic N) is 4. The summed E-state index contributed by atoms with van der Waals surface area (Å²) in [6.45, 7) is 0.0805. The average molecular weight is 830 g/mol. The third kappa shape index (κ3) is 7.91. The van der Waals surface area contributed by atoms with E-state index >= 15 is 0 Å². The Balaban J connectivity index is 1.26. The van der Waals surface area contributed by atoms with Crippen LogP contribution >= 0.6 is 34.2 Å². The molecule has 6 aromatic rings. The van der Waals surface area contributed by atoms with E-state index in [4.69, 9.17) is 30.5 Å². The van der Waals surface area contributed by atoms with Crippen molar-refractivity contribution in [2.75, 3.05) is 11.9 Å². The first kappa shape index (κ1) is 35.0. The number of rotatable bonds is 11. The number of hydrogen-bond acceptors (Lipinski definition) is 11. The first-order chi connectivity index (χ1) is 25.3. The minimum Gasteiger partial charge on any atom is -0.459 e. The van der Waals surface area contributed by atoms with Crippen molar-refractivity contribution in [1.82, 2.24) is 19.5 Å². The molecule has 0 amide bonds. The van der Waals surface area contributed by atoms with Crippen LogP contribution in [0.4, 0.5) is 5.82 Å². The minimum absolute atomic E-state index is 0.0735. The summed E-state index contributed by atoms with van der Waals surface area (Å²) in [5.41, 5.74) is 2.47. The van der Waals surface area contributed by atoms with E-state index in [9.17, 15) is 14.4 Å². The highest BCUT2D eigenvalue weighted by molar-refractivity contribution is 14.1. The molecule has 262 valence electrons. The Hall–Kier alpha value is -5.38. The van der Waals surface area contributed by atoms with Crippen molar-refractivity contribution < 1.29 is 33.3 Å². The summed E-state index contributed by atoms with van der Waals surface area (Å²) in [4.78, 5) is 53.6. The summed E-state index contributed by atoms with van der Waals surface area (Å²) in [7, 11) is 0. The van der Waals surface area contributed by atoms with Crippen molar-refractivity contribution in [2.24, 2.45) is 0 Å². The van der Waals surface area contributed by atoms with Gasteiger partial charge in [-0.25, -0.2) is 19.4 Å². The van der Waals surface area contributed by atoms with Gasteiger partial charge in [-0.15, -0.1) is 0 Å². The van der Waals surface area contributed by atoms with Gasteiger partial charge in [-0.1, -0.05) is 66.7 Å². The molecule has 3 heterocycles. The highest BCUT2D eigenvalue weighted by Crippen LogP contribution is 2.37. The van der Waals surface area contributed by atoms with Crippen molar-refractivity contribution in [2.45, 2.75) is 31.1 Å². The maximum absolute atomic E-state index is 13.6. The highest BCUT2D eigenvalue weighted by atomic mass is 127. The van der Waals surface area contributed by atoms with Crippen molar-refractivity contribution >= 4 is 69.1 Å². The van der Waals surface area contributed by atoms with Gasteiger partial charge in [-0.2, -0.15) is 9.97 Å². The standard InChI is InChI=1S/C38H29ClIN5O7/c39-38-43-32(41-20-23-11-10-18-27(40)19-23)29-33(44-38)45(22-42-29)34-31(52-37(48)26-16-8-3-9-17-26)30(51-36(47)25-14-6-2-7-15-25)28(50-34)21-49-35(46)24-12-4-1-5-13-24/h1-19,22,28,30-31,34H,20-21H2,(H,41,43,44)/t28-,30-,31-,34-/m1/s1. The lowest BCUT2D eigenvalue weighted by Gasteiger charge is -2.25. The molecule has 0 radical (unpaired) electrons. The molecule has 52 heavy (non-hydrogen) atoms. The molecule has 14 heteroatoms. The number of imidazole rings is 1. The third-order valence-electron chi connectivity index (χ3n) is 8.20. The largest absolute Gasteiger partial charge is 0.459 e. The SMILES string of the molecule is O=C(OC[C@H]1O[C@@H](n2cnc3c(NCc4cccc(I)c4)nc(Cl)nc32)[C@H](OC(=O)c2ccccc2)[C@@H]1OC(=O)c1ccccc1)c1ccccc1. The molecule has 0 saturated carbocycles. The molecule has 1 aliphatic heterocycles. The molecule has 1 aliphatic rings. The molecule has 2 aromatic heterocycles. The van der Waals surface area contributed by atoms with Gasteiger partial charge in [0.25, 0.3) is 0 Å². The van der Waals surface area contributed by atoms with E-state index in [2.05, 4.69) is 42.9 Å². The number of benzene rings is 4. The van der Waals surface area contributed by atoms with E-state index in [1.54, 1.807) is 91.0 Å². The minimum atomic E-state index is -1.27. The number of fused-ring (bicyclic) bond motifs is 1. The molecular formula is C38H29ClIN5O7. The molecule has 0 spiro atoms. The Labute approximate surface area is 316 Å². The molecule has 1 saturated heterocycles. The number of esters is 3. The lowest BCUT2D eigenvalue weighted by atomic mass is 10.1. The van der Waals surface area contributed by atoms with E-state index in [1.165, 1.54) is 10.9 Å². The topological polar surface area (TPSA) is 144 Å². The fraction of sp³-hybridized carbons (Fsp3) is 0.158. The summed E-state index contributed by atoms with van der Waals surface area (Å²) >= 11 is 8.69. The number of ether oxygens (including phenoxy) is 4. The van der Waals surface area contributed by atoms with Gasteiger partial charge in [-0.05, 0) is 88.3 Å². The predicted octanol–water partition coefficient (Wildman–Crippen LogP) is 6.90. The molecule has 12 nitrogen and oxygen atoms in total. The third-order valence-corrected chi connectivity index (χ3v) is 9.04. The number of anilines is 1. The quantitative estimate of drug-likeness (QED) is 0.0631. The van der Waals surface area contributed by atoms with Crippen LogP contribution < -0.4 is 5.32 Å². The van der Waals surface area contributed by atoms with Crippen LogP contribution in [0, 0.1) is 3.57 Å². The van der Waals surface area contributed by atoms with Crippen LogP contribution in [0.2, 0.25) is 5.28 Å². The Bertz CT molecular complexity index is 2210. The second kappa shape index (κ2) is 15.9. The van der Waals surface area contributed by atoms with E-state index in [-0.39, 0.29) is 28.7 Å². The Kier molecular flexibility index (Phi) is 10.7. The van der Waals surface area contributed by atoms with E-state index in [1.807, 2.05) is 24.3 Å². The first-order valence-electron chi connectivity index (χ1n) is 16.1. The number of nitrogens with one attached hydrogen (secondary N) is 1. The van der Waals surface area contributed by atoms with E-state index in [0.29, 0.717) is 23.4 Å². The van der Waals surface area contributed by atoms with Crippen molar-refractivity contribution in [1.29, 1.82) is 0 Å². The smallest absolute Gasteiger partial charge is 0.338 e. The van der Waals surface area contributed by atoms with Crippen LogP contribution in [-0.2, 0) is 25.5 Å². The molecule has 1 N–H and O–H groups in total. The number of carbonyl (C=O) groups is 3. The fourth-order valence-electron chi connectivity index (χ4n) is 5.71. The van der Waals surface area contributed by atoms with Gasteiger partial charge in [0.15, 0.2) is 35.4 Å². The zero-order valence-electron chi connectivity index (χ0n) is 27.2. The van der Waals surface area contributed by atoms with Gasteiger partial charge >= 0.3 is 17.9 Å². The fourth-order valence-corrected chi connectivity index (χ4v) is 6.49. The highest BCUT2D eigenvalue weighted by Gasteiger charge is 2.52. The van der Waals surface area contributed by atoms with Gasteiger partial charge in [0.05, 0.1) is 23.0 Å². The van der Waals surface area contributed by atoms with Gasteiger partial charge in [0.2, 0.25) is 5.28 Å². The van der Waals surface area contributed by atoms with Crippen LogP contribution in [0.3, 0.4) is 0 Å². The average Bonchev–Trinajstić information content (AvgIpc) is 3.74. The maximum atomic E-state index is 13.6. The van der Waals surface area contributed by atoms with Crippen molar-refractivity contribution in [3.8, 4) is 0 Å². The second-order valence-corrected chi connectivity index (χ2v) is 13.2. The molecular weight excluding hydrogens is 801 g/mol. The molecule has 0 bridgehead atoms. The van der Waals surface area contributed by atoms with Gasteiger partial charge in [0.1, 0.15) is 12.7 Å². The van der Waals surface area contributed by atoms with Gasteiger partial charge in [0, 0.05) is 10.1 Å². The maximum Gasteiger partial charge on any atom is 0.338 e. The van der Waals surface area contributed by atoms with Crippen LogP contribution in [0.1, 0.15) is 42.9 Å². The van der Waals surface area contributed by atoms with Crippen LogP contribution in [0.5, 0.6) is 0 Å². The van der Waals surface area contributed by atoms with Crippen LogP contribution in [0.25, 0.3) is 11.2 Å². The lowest BCUT2D eigenvalue weighted by molar-refractivity contribution is -0.0606. The zero-order chi connectivity index (χ0) is 36.0. The van der Waals surface area contributed by atoms with E-state index < -0.39 is 42.4 Å². The van der Waals surface area contributed by atoms with Crippen molar-refractivity contribution in [3.63, 3.8) is 0 Å². The molecule has 0 aliphatic carbocycles. The summed E-state index contributed by atoms with van der Waals surface area (Å²) < 4.78 is 26.9. The summed E-state index contributed by atoms with van der Waals surface area (Å²) in [5.74, 6) is -1.64. The number of carbonyl (C=O) groups excluding carboxylic acids is 3. The Morgan fingerprint density at radius 2 is 1.37 bits per heavy atom. The number of hydrogen-bond donors (Lipinski definition) is 1. The molecule has 7 rings (SSSR count). The Morgan fingerprint density at radius 1 is 0.769 bits per heavy atom.